The Morgan fingerprint density at radius 2 is 2.00 bits per heavy atom. The lowest BCUT2D eigenvalue weighted by molar-refractivity contribution is -0.139. The number of rotatable bonds is 2. The third kappa shape index (κ3) is 2.22. The third-order valence-corrected chi connectivity index (χ3v) is 2.84. The number of hydrogen-bond donors (Lipinski definition) is 1. The standard InChI is InChI=1S/C12H11NO4/c14-9-5-1-3-7(12(9)17)11(16)8-4-2-6-10(15)13-8/h2,4,6-7H,1,3,5H2,(H,13,15). The Morgan fingerprint density at radius 3 is 2.71 bits per heavy atom. The Balaban J connectivity index is 2.28. The molecule has 1 aliphatic rings. The molecule has 1 unspecified atom stereocenters. The lowest BCUT2D eigenvalue weighted by atomic mass is 9.83. The quantitative estimate of drug-likeness (QED) is 0.458. The lowest BCUT2D eigenvalue weighted by Crippen LogP contribution is -2.34. The molecule has 88 valence electrons. The van der Waals surface area contributed by atoms with Crippen LogP contribution in [0.2, 0.25) is 0 Å². The van der Waals surface area contributed by atoms with Crippen molar-refractivity contribution in [2.75, 3.05) is 0 Å². The highest BCUT2D eigenvalue weighted by atomic mass is 16.2. The van der Waals surface area contributed by atoms with Gasteiger partial charge in [0, 0.05) is 12.5 Å². The fourth-order valence-electron chi connectivity index (χ4n) is 1.94. The molecule has 1 saturated carbocycles. The number of aromatic amines is 1. The molecule has 5 nitrogen and oxygen atoms in total. The molecule has 1 aromatic heterocycles. The van der Waals surface area contributed by atoms with Crippen molar-refractivity contribution < 1.29 is 14.4 Å². The molecule has 0 bridgehead atoms. The Labute approximate surface area is 96.8 Å². The zero-order valence-electron chi connectivity index (χ0n) is 9.06. The third-order valence-electron chi connectivity index (χ3n) is 2.84. The topological polar surface area (TPSA) is 84.1 Å². The molecule has 0 saturated heterocycles. The van der Waals surface area contributed by atoms with Gasteiger partial charge in [0.2, 0.25) is 11.3 Å². The maximum Gasteiger partial charge on any atom is 0.248 e. The Bertz CT molecular complexity index is 543. The molecule has 1 atom stereocenters. The van der Waals surface area contributed by atoms with Crippen LogP contribution in [0.25, 0.3) is 0 Å². The van der Waals surface area contributed by atoms with Crippen LogP contribution < -0.4 is 5.56 Å². The van der Waals surface area contributed by atoms with E-state index < -0.39 is 28.8 Å². The maximum absolute atomic E-state index is 12.0. The molecule has 1 aliphatic carbocycles. The minimum absolute atomic E-state index is 0.0885. The van der Waals surface area contributed by atoms with Crippen LogP contribution in [0.4, 0.5) is 0 Å². The van der Waals surface area contributed by atoms with Crippen molar-refractivity contribution in [1.82, 2.24) is 4.98 Å². The van der Waals surface area contributed by atoms with E-state index in [2.05, 4.69) is 4.98 Å². The summed E-state index contributed by atoms with van der Waals surface area (Å²) in [6.07, 6.45) is 1.13. The molecule has 0 aliphatic heterocycles. The molecule has 0 amide bonds. The number of carbonyl (C=O) groups excluding carboxylic acids is 3. The molecule has 0 spiro atoms. The number of Topliss-reactive ketones (excluding diaryl/α,β-unsaturated/α-hetero) is 3. The van der Waals surface area contributed by atoms with Crippen molar-refractivity contribution >= 4 is 17.3 Å². The first kappa shape index (κ1) is 11.4. The average Bonchev–Trinajstić information content (AvgIpc) is 2.32. The number of ketones is 3. The summed E-state index contributed by atoms with van der Waals surface area (Å²) in [6, 6.07) is 4.17. The lowest BCUT2D eigenvalue weighted by Gasteiger charge is -2.17. The number of carbonyl (C=O) groups is 3. The summed E-state index contributed by atoms with van der Waals surface area (Å²) in [5.74, 6) is -2.52. The maximum atomic E-state index is 12.0. The van der Waals surface area contributed by atoms with Gasteiger partial charge in [-0.15, -0.1) is 0 Å². The van der Waals surface area contributed by atoms with Crippen molar-refractivity contribution in [1.29, 1.82) is 0 Å². The van der Waals surface area contributed by atoms with Crippen molar-refractivity contribution in [2.45, 2.75) is 19.3 Å². The SMILES string of the molecule is O=C1CCCC(C(=O)c2cccc(=O)[nH]2)C1=O. The predicted octanol–water partition coefficient (Wildman–Crippen LogP) is 0.496. The first-order chi connectivity index (χ1) is 8.09. The van der Waals surface area contributed by atoms with Gasteiger partial charge in [0.1, 0.15) is 0 Å². The van der Waals surface area contributed by atoms with Crippen LogP contribution in [0.15, 0.2) is 23.0 Å². The fraction of sp³-hybridized carbons (Fsp3) is 0.333. The summed E-state index contributed by atoms with van der Waals surface area (Å²) in [5, 5.41) is 0. The molecular weight excluding hydrogens is 222 g/mol. The molecular formula is C12H11NO4. The van der Waals surface area contributed by atoms with E-state index in [0.717, 1.165) is 0 Å². The van der Waals surface area contributed by atoms with Crippen LogP contribution in [0.3, 0.4) is 0 Å². The number of H-pyrrole nitrogens is 1. The molecule has 1 fully saturated rings. The highest BCUT2D eigenvalue weighted by Gasteiger charge is 2.35. The van der Waals surface area contributed by atoms with Crippen LogP contribution in [0.5, 0.6) is 0 Å². The van der Waals surface area contributed by atoms with Crippen molar-refractivity contribution in [3.63, 3.8) is 0 Å². The fourth-order valence-corrected chi connectivity index (χ4v) is 1.94. The van der Waals surface area contributed by atoms with E-state index in [-0.39, 0.29) is 12.1 Å². The minimum Gasteiger partial charge on any atom is -0.319 e. The van der Waals surface area contributed by atoms with Crippen molar-refractivity contribution in [3.8, 4) is 0 Å². The predicted molar refractivity (Wildman–Crippen MR) is 58.7 cm³/mol. The molecule has 1 heterocycles. The van der Waals surface area contributed by atoms with Gasteiger partial charge in [-0.05, 0) is 18.9 Å². The summed E-state index contributed by atoms with van der Waals surface area (Å²) in [4.78, 5) is 48.2. The van der Waals surface area contributed by atoms with Crippen LogP contribution in [0, 0.1) is 5.92 Å². The first-order valence-corrected chi connectivity index (χ1v) is 5.40. The van der Waals surface area contributed by atoms with E-state index in [1.807, 2.05) is 0 Å². The highest BCUT2D eigenvalue weighted by Crippen LogP contribution is 2.21. The van der Waals surface area contributed by atoms with Crippen LogP contribution in [0.1, 0.15) is 29.8 Å². The van der Waals surface area contributed by atoms with Crippen LogP contribution in [-0.4, -0.2) is 22.3 Å². The Hall–Kier alpha value is -2.04. The van der Waals surface area contributed by atoms with Crippen molar-refractivity contribution in [2.24, 2.45) is 5.92 Å². The van der Waals surface area contributed by atoms with Gasteiger partial charge in [-0.3, -0.25) is 19.2 Å². The molecule has 5 heteroatoms. The molecule has 1 N–H and O–H groups in total. The van der Waals surface area contributed by atoms with Gasteiger partial charge in [0.15, 0.2) is 11.6 Å². The van der Waals surface area contributed by atoms with Crippen molar-refractivity contribution in [3.05, 3.63) is 34.2 Å². The summed E-state index contributed by atoms with van der Waals surface area (Å²) in [7, 11) is 0. The Morgan fingerprint density at radius 1 is 1.24 bits per heavy atom. The van der Waals surface area contributed by atoms with E-state index in [1.54, 1.807) is 0 Å². The molecule has 17 heavy (non-hydrogen) atoms. The second-order valence-electron chi connectivity index (χ2n) is 4.03. The van der Waals surface area contributed by atoms with Gasteiger partial charge in [0.25, 0.3) is 0 Å². The zero-order valence-corrected chi connectivity index (χ0v) is 9.06. The monoisotopic (exact) mass is 233 g/mol. The summed E-state index contributed by atoms with van der Waals surface area (Å²) >= 11 is 0. The summed E-state index contributed by atoms with van der Waals surface area (Å²) < 4.78 is 0. The normalized spacial score (nSPS) is 20.4. The molecule has 2 rings (SSSR count). The number of pyridine rings is 1. The average molecular weight is 233 g/mol. The van der Waals surface area contributed by atoms with E-state index in [1.165, 1.54) is 18.2 Å². The van der Waals surface area contributed by atoms with Gasteiger partial charge >= 0.3 is 0 Å². The van der Waals surface area contributed by atoms with Gasteiger partial charge in [0.05, 0.1) is 11.6 Å². The van der Waals surface area contributed by atoms with Gasteiger partial charge < -0.3 is 4.98 Å². The summed E-state index contributed by atoms with van der Waals surface area (Å²) in [5.41, 5.74) is -0.309. The largest absolute Gasteiger partial charge is 0.319 e. The number of aromatic nitrogens is 1. The van der Waals surface area contributed by atoms with E-state index in [4.69, 9.17) is 0 Å². The van der Waals surface area contributed by atoms with Gasteiger partial charge in [-0.25, -0.2) is 0 Å². The van der Waals surface area contributed by atoms with E-state index in [9.17, 15) is 19.2 Å². The van der Waals surface area contributed by atoms with Gasteiger partial charge in [-0.2, -0.15) is 0 Å². The molecule has 0 radical (unpaired) electrons. The Kier molecular flexibility index (Phi) is 2.99. The smallest absolute Gasteiger partial charge is 0.248 e. The molecule has 0 aromatic carbocycles. The summed E-state index contributed by atoms with van der Waals surface area (Å²) in [6.45, 7) is 0. The van der Waals surface area contributed by atoms with Crippen LogP contribution in [-0.2, 0) is 9.59 Å². The second kappa shape index (κ2) is 4.45. The number of nitrogens with one attached hydrogen (secondary N) is 1. The van der Waals surface area contributed by atoms with Gasteiger partial charge in [-0.1, -0.05) is 6.07 Å². The van der Waals surface area contributed by atoms with E-state index >= 15 is 0 Å². The highest BCUT2D eigenvalue weighted by molar-refractivity contribution is 6.42. The molecule has 1 aromatic rings. The number of hydrogen-bond acceptors (Lipinski definition) is 4. The second-order valence-corrected chi connectivity index (χ2v) is 4.03. The first-order valence-electron chi connectivity index (χ1n) is 5.40. The minimum atomic E-state index is -0.922. The zero-order chi connectivity index (χ0) is 12.4. The van der Waals surface area contributed by atoms with Crippen LogP contribution >= 0.6 is 0 Å². The van der Waals surface area contributed by atoms with E-state index in [0.29, 0.717) is 12.8 Å².